The smallest absolute Gasteiger partial charge is 0.306 e. The van der Waals surface area contributed by atoms with Crippen molar-refractivity contribution in [3.8, 4) is 0 Å². The molecule has 1 aromatic rings. The fourth-order valence-corrected chi connectivity index (χ4v) is 3.05. The Labute approximate surface area is 111 Å². The highest BCUT2D eigenvalue weighted by Gasteiger charge is 2.27. The second-order valence-corrected chi connectivity index (χ2v) is 5.56. The van der Waals surface area contributed by atoms with Crippen LogP contribution in [0.2, 0.25) is 0 Å². The van der Waals surface area contributed by atoms with E-state index in [-0.39, 0.29) is 12.0 Å². The minimum Gasteiger partial charge on any atom is -0.481 e. The molecule has 0 amide bonds. The summed E-state index contributed by atoms with van der Waals surface area (Å²) in [6.45, 7) is 2.10. The number of aliphatic carboxylic acids is 1. The van der Waals surface area contributed by atoms with Crippen LogP contribution in [0.4, 0.5) is 5.13 Å². The lowest BCUT2D eigenvalue weighted by molar-refractivity contribution is -0.142. The number of rotatable bonds is 5. The van der Waals surface area contributed by atoms with E-state index in [9.17, 15) is 4.79 Å². The van der Waals surface area contributed by atoms with Gasteiger partial charge in [0.2, 0.25) is 5.13 Å². The highest BCUT2D eigenvalue weighted by molar-refractivity contribution is 7.09. The van der Waals surface area contributed by atoms with Gasteiger partial charge in [-0.2, -0.15) is 4.37 Å². The number of carboxylic acids is 1. The van der Waals surface area contributed by atoms with Crippen molar-refractivity contribution in [2.45, 2.75) is 51.5 Å². The van der Waals surface area contributed by atoms with Crippen molar-refractivity contribution in [3.63, 3.8) is 0 Å². The Morgan fingerprint density at radius 2 is 2.39 bits per heavy atom. The molecule has 1 heterocycles. The van der Waals surface area contributed by atoms with E-state index in [1.54, 1.807) is 0 Å². The Bertz CT molecular complexity index is 408. The van der Waals surface area contributed by atoms with E-state index in [4.69, 9.17) is 5.11 Å². The molecule has 1 fully saturated rings. The van der Waals surface area contributed by atoms with Gasteiger partial charge >= 0.3 is 5.97 Å². The summed E-state index contributed by atoms with van der Waals surface area (Å²) < 4.78 is 4.28. The molecular formula is C12H19N3O2S. The first-order valence-electron chi connectivity index (χ1n) is 6.51. The number of nitrogens with zero attached hydrogens (tertiary/aromatic N) is 2. The van der Waals surface area contributed by atoms with Gasteiger partial charge in [0.1, 0.15) is 5.82 Å². The lowest BCUT2D eigenvalue weighted by atomic mass is 9.86. The molecule has 18 heavy (non-hydrogen) atoms. The molecule has 0 aromatic carbocycles. The molecule has 0 radical (unpaired) electrons. The number of aromatic nitrogens is 2. The van der Waals surface area contributed by atoms with Gasteiger partial charge in [0, 0.05) is 24.0 Å². The number of hydrogen-bond acceptors (Lipinski definition) is 5. The van der Waals surface area contributed by atoms with Crippen molar-refractivity contribution in [1.29, 1.82) is 0 Å². The van der Waals surface area contributed by atoms with Crippen LogP contribution in [0.3, 0.4) is 0 Å². The molecule has 5 nitrogen and oxygen atoms in total. The third-order valence-electron chi connectivity index (χ3n) is 3.29. The molecule has 0 bridgehead atoms. The highest BCUT2D eigenvalue weighted by atomic mass is 32.1. The van der Waals surface area contributed by atoms with Gasteiger partial charge in [-0.1, -0.05) is 13.3 Å². The molecule has 6 heteroatoms. The Morgan fingerprint density at radius 3 is 3.11 bits per heavy atom. The van der Waals surface area contributed by atoms with Gasteiger partial charge < -0.3 is 10.4 Å². The maximum atomic E-state index is 11.0. The zero-order valence-corrected chi connectivity index (χ0v) is 11.4. The van der Waals surface area contributed by atoms with Crippen molar-refractivity contribution in [2.24, 2.45) is 5.92 Å². The van der Waals surface area contributed by atoms with Crippen LogP contribution in [-0.2, 0) is 11.2 Å². The van der Waals surface area contributed by atoms with Crippen molar-refractivity contribution >= 4 is 22.6 Å². The quantitative estimate of drug-likeness (QED) is 0.859. The summed E-state index contributed by atoms with van der Waals surface area (Å²) in [6.07, 6.45) is 5.42. The molecule has 100 valence electrons. The van der Waals surface area contributed by atoms with E-state index >= 15 is 0 Å². The average molecular weight is 269 g/mol. The monoisotopic (exact) mass is 269 g/mol. The molecule has 2 unspecified atom stereocenters. The Kier molecular flexibility index (Phi) is 4.52. The van der Waals surface area contributed by atoms with Crippen LogP contribution in [0.15, 0.2) is 0 Å². The number of hydrogen-bond donors (Lipinski definition) is 2. The van der Waals surface area contributed by atoms with E-state index in [1.165, 1.54) is 11.5 Å². The molecule has 1 saturated carbocycles. The first kappa shape index (κ1) is 13.3. The molecule has 1 aliphatic carbocycles. The number of aryl methyl sites for hydroxylation is 1. The van der Waals surface area contributed by atoms with E-state index in [2.05, 4.69) is 21.6 Å². The first-order chi connectivity index (χ1) is 8.69. The minimum atomic E-state index is -0.676. The van der Waals surface area contributed by atoms with Crippen molar-refractivity contribution < 1.29 is 9.90 Å². The normalized spacial score (nSPS) is 23.8. The largest absolute Gasteiger partial charge is 0.481 e. The second-order valence-electron chi connectivity index (χ2n) is 4.81. The fraction of sp³-hybridized carbons (Fsp3) is 0.750. The third-order valence-corrected chi connectivity index (χ3v) is 3.98. The predicted molar refractivity (Wildman–Crippen MR) is 70.9 cm³/mol. The molecular weight excluding hydrogens is 250 g/mol. The Hall–Kier alpha value is -1.17. The summed E-state index contributed by atoms with van der Waals surface area (Å²) in [7, 11) is 0. The number of carbonyl (C=O) groups is 1. The average Bonchev–Trinajstić information content (AvgIpc) is 2.77. The summed E-state index contributed by atoms with van der Waals surface area (Å²) >= 11 is 1.37. The van der Waals surface area contributed by atoms with Crippen molar-refractivity contribution in [1.82, 2.24) is 9.36 Å². The molecule has 0 saturated heterocycles. The Balaban J connectivity index is 1.89. The predicted octanol–water partition coefficient (Wildman–Crippen LogP) is 2.55. The van der Waals surface area contributed by atoms with Crippen LogP contribution in [0.1, 0.15) is 44.9 Å². The van der Waals surface area contributed by atoms with E-state index in [0.717, 1.165) is 43.1 Å². The summed E-state index contributed by atoms with van der Waals surface area (Å²) in [5.74, 6) is 0.000290. The lowest BCUT2D eigenvalue weighted by Crippen LogP contribution is -2.30. The van der Waals surface area contributed by atoms with Crippen LogP contribution in [0, 0.1) is 5.92 Å². The standard InChI is InChI=1S/C12H19N3O2S/c1-2-4-10-14-12(18-15-10)13-9-6-3-5-8(7-9)11(16)17/h8-9H,2-7H2,1H3,(H,16,17)(H,13,14,15). The molecule has 0 spiro atoms. The molecule has 2 N–H and O–H groups in total. The molecule has 2 rings (SSSR count). The van der Waals surface area contributed by atoms with Crippen LogP contribution in [0.25, 0.3) is 0 Å². The van der Waals surface area contributed by atoms with Gasteiger partial charge in [0.05, 0.1) is 5.92 Å². The summed E-state index contributed by atoms with van der Waals surface area (Å²) in [5, 5.41) is 13.2. The number of nitrogens with one attached hydrogen (secondary N) is 1. The zero-order valence-electron chi connectivity index (χ0n) is 10.6. The van der Waals surface area contributed by atoms with Crippen molar-refractivity contribution in [3.05, 3.63) is 5.82 Å². The lowest BCUT2D eigenvalue weighted by Gasteiger charge is -2.26. The fourth-order valence-electron chi connectivity index (χ4n) is 2.36. The third kappa shape index (κ3) is 3.41. The summed E-state index contributed by atoms with van der Waals surface area (Å²) in [5.41, 5.74) is 0. The number of carboxylic acid groups (broad SMARTS) is 1. The number of anilines is 1. The van der Waals surface area contributed by atoms with Crippen LogP contribution >= 0.6 is 11.5 Å². The maximum absolute atomic E-state index is 11.0. The van der Waals surface area contributed by atoms with E-state index in [1.807, 2.05) is 0 Å². The molecule has 0 aliphatic heterocycles. The topological polar surface area (TPSA) is 75.1 Å². The van der Waals surface area contributed by atoms with Crippen LogP contribution < -0.4 is 5.32 Å². The molecule has 1 aliphatic rings. The first-order valence-corrected chi connectivity index (χ1v) is 7.28. The second kappa shape index (κ2) is 6.13. The van der Waals surface area contributed by atoms with Gasteiger partial charge in [-0.15, -0.1) is 0 Å². The molecule has 2 atom stereocenters. The highest BCUT2D eigenvalue weighted by Crippen LogP contribution is 2.27. The van der Waals surface area contributed by atoms with E-state index in [0.29, 0.717) is 6.42 Å². The Morgan fingerprint density at radius 1 is 1.56 bits per heavy atom. The zero-order chi connectivity index (χ0) is 13.0. The van der Waals surface area contributed by atoms with Gasteiger partial charge in [-0.3, -0.25) is 4.79 Å². The van der Waals surface area contributed by atoms with Gasteiger partial charge in [0.15, 0.2) is 0 Å². The minimum absolute atomic E-state index is 0.209. The molecule has 1 aromatic heterocycles. The van der Waals surface area contributed by atoms with Crippen LogP contribution in [0.5, 0.6) is 0 Å². The van der Waals surface area contributed by atoms with E-state index < -0.39 is 5.97 Å². The maximum Gasteiger partial charge on any atom is 0.306 e. The van der Waals surface area contributed by atoms with Gasteiger partial charge in [0.25, 0.3) is 0 Å². The van der Waals surface area contributed by atoms with Gasteiger partial charge in [-0.05, 0) is 25.7 Å². The summed E-state index contributed by atoms with van der Waals surface area (Å²) in [6, 6.07) is 0.224. The van der Waals surface area contributed by atoms with Crippen LogP contribution in [-0.4, -0.2) is 26.5 Å². The summed E-state index contributed by atoms with van der Waals surface area (Å²) in [4.78, 5) is 15.4. The van der Waals surface area contributed by atoms with Gasteiger partial charge in [-0.25, -0.2) is 4.98 Å². The SMILES string of the molecule is CCCc1nsc(NC2CCCC(C(=O)O)C2)n1. The van der Waals surface area contributed by atoms with Crippen molar-refractivity contribution in [2.75, 3.05) is 5.32 Å².